The standard InChI is InChI=1S/C22H21ClN4O/c23-18-19(22(28)25-14-16-9-5-2-6-10-16)26-20(17-11-12-17)27-21(18)24-13-15-7-3-1-4-8-15/h1-10,17H,11-14H2,(H,25,28)(H,24,26,27). The zero-order valence-corrected chi connectivity index (χ0v) is 16.1. The van der Waals surface area contributed by atoms with E-state index in [-0.39, 0.29) is 16.6 Å². The Hall–Kier alpha value is -2.92. The van der Waals surface area contributed by atoms with E-state index in [1.807, 2.05) is 60.7 Å². The first-order valence-electron chi connectivity index (χ1n) is 9.38. The predicted molar refractivity (Wildman–Crippen MR) is 110 cm³/mol. The number of carbonyl (C=O) groups is 1. The van der Waals surface area contributed by atoms with Crippen molar-refractivity contribution in [3.8, 4) is 0 Å². The molecule has 1 fully saturated rings. The normalized spacial score (nSPS) is 13.2. The number of halogens is 1. The van der Waals surface area contributed by atoms with E-state index in [4.69, 9.17) is 11.6 Å². The second kappa shape index (κ2) is 8.40. The minimum atomic E-state index is -0.291. The van der Waals surface area contributed by atoms with E-state index in [9.17, 15) is 4.79 Å². The maximum absolute atomic E-state index is 12.7. The van der Waals surface area contributed by atoms with Crippen molar-refractivity contribution < 1.29 is 4.79 Å². The summed E-state index contributed by atoms with van der Waals surface area (Å²) in [6.07, 6.45) is 2.09. The summed E-state index contributed by atoms with van der Waals surface area (Å²) in [5.41, 5.74) is 2.36. The first-order valence-corrected chi connectivity index (χ1v) is 9.76. The number of nitrogens with one attached hydrogen (secondary N) is 2. The van der Waals surface area contributed by atoms with Gasteiger partial charge >= 0.3 is 0 Å². The maximum Gasteiger partial charge on any atom is 0.271 e. The van der Waals surface area contributed by atoms with Crippen LogP contribution in [0.15, 0.2) is 60.7 Å². The first-order chi connectivity index (χ1) is 13.7. The summed E-state index contributed by atoms with van der Waals surface area (Å²) in [7, 11) is 0. The molecule has 28 heavy (non-hydrogen) atoms. The fourth-order valence-corrected chi connectivity index (χ4v) is 3.14. The molecule has 1 saturated carbocycles. The van der Waals surface area contributed by atoms with E-state index in [0.29, 0.717) is 30.6 Å². The summed E-state index contributed by atoms with van der Waals surface area (Å²) in [4.78, 5) is 21.8. The lowest BCUT2D eigenvalue weighted by Gasteiger charge is -2.13. The van der Waals surface area contributed by atoms with Crippen molar-refractivity contribution in [3.63, 3.8) is 0 Å². The van der Waals surface area contributed by atoms with Crippen LogP contribution in [0.25, 0.3) is 0 Å². The average molecular weight is 393 g/mol. The topological polar surface area (TPSA) is 66.9 Å². The summed E-state index contributed by atoms with van der Waals surface area (Å²) in [6, 6.07) is 19.7. The molecular weight excluding hydrogens is 372 g/mol. The van der Waals surface area contributed by atoms with Crippen molar-refractivity contribution in [2.75, 3.05) is 5.32 Å². The van der Waals surface area contributed by atoms with E-state index < -0.39 is 0 Å². The number of hydrogen-bond donors (Lipinski definition) is 2. The lowest BCUT2D eigenvalue weighted by atomic mass is 10.2. The van der Waals surface area contributed by atoms with Crippen LogP contribution < -0.4 is 10.6 Å². The van der Waals surface area contributed by atoms with E-state index in [2.05, 4.69) is 20.6 Å². The number of benzene rings is 2. The van der Waals surface area contributed by atoms with Crippen LogP contribution >= 0.6 is 11.6 Å². The Morgan fingerprint density at radius 3 is 2.14 bits per heavy atom. The Bertz CT molecular complexity index is 959. The third-order valence-corrected chi connectivity index (χ3v) is 4.98. The predicted octanol–water partition coefficient (Wildman–Crippen LogP) is 4.55. The zero-order valence-electron chi connectivity index (χ0n) is 15.4. The molecule has 1 heterocycles. The molecule has 4 rings (SSSR count). The van der Waals surface area contributed by atoms with Crippen LogP contribution in [0.4, 0.5) is 5.82 Å². The summed E-state index contributed by atoms with van der Waals surface area (Å²) >= 11 is 6.50. The number of nitrogens with zero attached hydrogens (tertiary/aromatic N) is 2. The van der Waals surface area contributed by atoms with E-state index >= 15 is 0 Å². The smallest absolute Gasteiger partial charge is 0.271 e. The summed E-state index contributed by atoms with van der Waals surface area (Å²) in [6.45, 7) is 0.998. The summed E-state index contributed by atoms with van der Waals surface area (Å²) in [5.74, 6) is 1.22. The molecule has 2 N–H and O–H groups in total. The summed E-state index contributed by atoms with van der Waals surface area (Å²) in [5, 5.41) is 6.42. The van der Waals surface area contributed by atoms with Crippen molar-refractivity contribution in [2.24, 2.45) is 0 Å². The van der Waals surface area contributed by atoms with Crippen LogP contribution in [-0.2, 0) is 13.1 Å². The quantitative estimate of drug-likeness (QED) is 0.619. The highest BCUT2D eigenvalue weighted by atomic mass is 35.5. The van der Waals surface area contributed by atoms with Gasteiger partial charge in [-0.3, -0.25) is 4.79 Å². The second-order valence-electron chi connectivity index (χ2n) is 6.87. The monoisotopic (exact) mass is 392 g/mol. The fourth-order valence-electron chi connectivity index (χ4n) is 2.90. The van der Waals surface area contributed by atoms with Gasteiger partial charge < -0.3 is 10.6 Å². The molecule has 6 heteroatoms. The Kier molecular flexibility index (Phi) is 5.53. The molecule has 0 radical (unpaired) electrons. The number of amides is 1. The molecule has 5 nitrogen and oxygen atoms in total. The van der Waals surface area contributed by atoms with Crippen LogP contribution in [0.2, 0.25) is 5.02 Å². The van der Waals surface area contributed by atoms with Crippen molar-refractivity contribution in [2.45, 2.75) is 31.8 Å². The Balaban J connectivity index is 1.53. The van der Waals surface area contributed by atoms with Gasteiger partial charge in [0, 0.05) is 19.0 Å². The zero-order chi connectivity index (χ0) is 19.3. The number of hydrogen-bond acceptors (Lipinski definition) is 4. The molecule has 0 atom stereocenters. The molecule has 0 spiro atoms. The molecule has 142 valence electrons. The Morgan fingerprint density at radius 1 is 0.929 bits per heavy atom. The molecule has 1 aliphatic carbocycles. The van der Waals surface area contributed by atoms with E-state index in [0.717, 1.165) is 24.0 Å². The largest absolute Gasteiger partial charge is 0.365 e. The second-order valence-corrected chi connectivity index (χ2v) is 7.25. The van der Waals surface area contributed by atoms with Crippen LogP contribution in [0.1, 0.15) is 46.2 Å². The number of carbonyl (C=O) groups excluding carboxylic acids is 1. The summed E-state index contributed by atoms with van der Waals surface area (Å²) < 4.78 is 0. The molecule has 1 amide bonds. The van der Waals surface area contributed by atoms with Crippen LogP contribution in [0, 0.1) is 0 Å². The molecule has 0 bridgehead atoms. The number of anilines is 1. The van der Waals surface area contributed by atoms with Crippen molar-refractivity contribution in [1.29, 1.82) is 0 Å². The molecule has 0 aliphatic heterocycles. The number of aromatic nitrogens is 2. The highest BCUT2D eigenvalue weighted by Gasteiger charge is 2.29. The van der Waals surface area contributed by atoms with Crippen molar-refractivity contribution in [3.05, 3.63) is 88.3 Å². The van der Waals surface area contributed by atoms with Gasteiger partial charge in [-0.25, -0.2) is 9.97 Å². The molecule has 1 aliphatic rings. The highest BCUT2D eigenvalue weighted by molar-refractivity contribution is 6.35. The fraction of sp³-hybridized carbons (Fsp3) is 0.227. The van der Waals surface area contributed by atoms with Gasteiger partial charge in [-0.15, -0.1) is 0 Å². The minimum absolute atomic E-state index is 0.227. The van der Waals surface area contributed by atoms with Gasteiger partial charge in [-0.2, -0.15) is 0 Å². The maximum atomic E-state index is 12.7. The minimum Gasteiger partial charge on any atom is -0.365 e. The van der Waals surface area contributed by atoms with Gasteiger partial charge in [0.25, 0.3) is 5.91 Å². The number of rotatable bonds is 7. The van der Waals surface area contributed by atoms with Gasteiger partial charge in [0.15, 0.2) is 5.69 Å². The Labute approximate surface area is 169 Å². The first kappa shape index (κ1) is 18.4. The van der Waals surface area contributed by atoms with Crippen LogP contribution in [-0.4, -0.2) is 15.9 Å². The average Bonchev–Trinajstić information content (AvgIpc) is 3.58. The van der Waals surface area contributed by atoms with E-state index in [1.165, 1.54) is 0 Å². The van der Waals surface area contributed by atoms with Gasteiger partial charge in [0.05, 0.1) is 0 Å². The van der Waals surface area contributed by atoms with Crippen LogP contribution in [0.5, 0.6) is 0 Å². The molecule has 3 aromatic rings. The molecule has 0 saturated heterocycles. The lowest BCUT2D eigenvalue weighted by molar-refractivity contribution is 0.0945. The van der Waals surface area contributed by atoms with E-state index in [1.54, 1.807) is 0 Å². The lowest BCUT2D eigenvalue weighted by Crippen LogP contribution is -2.25. The van der Waals surface area contributed by atoms with Crippen LogP contribution in [0.3, 0.4) is 0 Å². The van der Waals surface area contributed by atoms with Gasteiger partial charge in [0.2, 0.25) is 0 Å². The van der Waals surface area contributed by atoms with Gasteiger partial charge in [0.1, 0.15) is 16.7 Å². The van der Waals surface area contributed by atoms with Gasteiger partial charge in [-0.1, -0.05) is 72.3 Å². The Morgan fingerprint density at radius 2 is 1.54 bits per heavy atom. The third-order valence-electron chi connectivity index (χ3n) is 4.62. The molecule has 1 aromatic heterocycles. The highest BCUT2D eigenvalue weighted by Crippen LogP contribution is 2.39. The van der Waals surface area contributed by atoms with Gasteiger partial charge in [-0.05, 0) is 24.0 Å². The van der Waals surface area contributed by atoms with Crippen molar-refractivity contribution in [1.82, 2.24) is 15.3 Å². The molecular formula is C22H21ClN4O. The SMILES string of the molecule is O=C(NCc1ccccc1)c1nc(C2CC2)nc(NCc2ccccc2)c1Cl. The molecule has 0 unspecified atom stereocenters. The third kappa shape index (κ3) is 4.49. The van der Waals surface area contributed by atoms with Crippen molar-refractivity contribution >= 4 is 23.3 Å². The molecule has 2 aromatic carbocycles.